The summed E-state index contributed by atoms with van der Waals surface area (Å²) in [6.45, 7) is 0.606. The van der Waals surface area contributed by atoms with Crippen LogP contribution in [0.3, 0.4) is 0 Å². The van der Waals surface area contributed by atoms with Crippen molar-refractivity contribution in [3.8, 4) is 68.8 Å². The van der Waals surface area contributed by atoms with Crippen LogP contribution >= 0.6 is 50.3 Å². The predicted molar refractivity (Wildman–Crippen MR) is 483 cm³/mol. The number of esters is 3. The molecule has 0 spiro atoms. The number of nitrogens with zero attached hydrogens (tertiary/aromatic N) is 11. The van der Waals surface area contributed by atoms with E-state index in [1.807, 2.05) is 0 Å². The number of ether oxygens (including phenoxy) is 7. The van der Waals surface area contributed by atoms with E-state index in [2.05, 4.69) is 70.6 Å². The molecule has 0 bridgehead atoms. The van der Waals surface area contributed by atoms with Crippen molar-refractivity contribution in [2.45, 2.75) is 57.5 Å². The third-order valence-electron chi connectivity index (χ3n) is 20.5. The molecule has 11 heterocycles. The van der Waals surface area contributed by atoms with Gasteiger partial charge in [0.15, 0.2) is 34.3 Å². The van der Waals surface area contributed by atoms with Gasteiger partial charge >= 0.3 is 105 Å². The van der Waals surface area contributed by atoms with Crippen molar-refractivity contribution in [2.75, 3.05) is 49.8 Å². The molecule has 0 unspecified atom stereocenters. The summed E-state index contributed by atoms with van der Waals surface area (Å²) < 4.78 is 215. The van der Waals surface area contributed by atoms with Crippen LogP contribution in [0.2, 0.25) is 0 Å². The van der Waals surface area contributed by atoms with Gasteiger partial charge in [-0.15, -0.1) is 0 Å². The number of carbonyl (C=O) groups excluding carboxylic acids is 9. The molecule has 0 aliphatic carbocycles. The van der Waals surface area contributed by atoms with Crippen molar-refractivity contribution >= 4 is 158 Å². The van der Waals surface area contributed by atoms with Crippen molar-refractivity contribution < 1.29 is 208 Å². The van der Waals surface area contributed by atoms with Gasteiger partial charge in [-0.1, -0.05) is 71.9 Å². The molecule has 143 heavy (non-hydrogen) atoms. The van der Waals surface area contributed by atoms with E-state index in [9.17, 15) is 106 Å². The van der Waals surface area contributed by atoms with Crippen LogP contribution in [0.1, 0.15) is 157 Å². The number of aromatic nitrogens is 8. The second-order valence-corrected chi connectivity index (χ2v) is 31.4. The van der Waals surface area contributed by atoms with Gasteiger partial charge in [0.05, 0.1) is 102 Å². The van der Waals surface area contributed by atoms with Gasteiger partial charge in [-0.05, 0) is 128 Å². The van der Waals surface area contributed by atoms with Gasteiger partial charge < -0.3 is 70.8 Å². The molecule has 6 amide bonds. The number of amides is 6. The molecule has 0 saturated heterocycles. The van der Waals surface area contributed by atoms with Crippen LogP contribution in [-0.4, -0.2) is 169 Å². The number of rotatable bonds is 17. The summed E-state index contributed by atoms with van der Waals surface area (Å²) in [5.74, 6) is -6.73. The first-order valence-corrected chi connectivity index (χ1v) is 42.2. The SMILES string of the molecule is C.COC(=O)c1nc(-c2ccc(OC)c3nc(C(F)(F)F)ccc23)oc1C.COC(=O)c1nc(-c2ccc(OC)c3nc(C(F)(F)F)ccc23)oc1CBr.COC(=O)c1nc(-c2ccc(OC)c3nc(C(F)(F)F)ccc23)oc1CN1C(=O)c2ccccc2C1=O.COc1ccc(-c2nc(C(=O)O)c(CN3C(=O)c4ccccc4C3=O)o2)c2ccc(C(F)(F)F)nc12.ClB(Cl)Cl.O=C1[N-]C(=O)c2ccccc21.[K+]. The van der Waals surface area contributed by atoms with Crippen molar-refractivity contribution in [1.82, 2.24) is 49.7 Å². The molecule has 1 N–H and O–H groups in total. The van der Waals surface area contributed by atoms with Crippen molar-refractivity contribution in [2.24, 2.45) is 0 Å². The topological polar surface area (TPSA) is 432 Å². The number of aryl methyl sites for hydroxylation is 1. The van der Waals surface area contributed by atoms with Crippen LogP contribution in [0.15, 0.2) is 188 Å². The number of hydrogen-bond donors (Lipinski definition) is 1. The number of halogens is 16. The van der Waals surface area contributed by atoms with Crippen molar-refractivity contribution in [3.05, 3.63) is 277 Å². The number of carboxylic acids is 1. The summed E-state index contributed by atoms with van der Waals surface area (Å²) in [6, 6.07) is 38.9. The third-order valence-corrected chi connectivity index (χ3v) is 21.1. The number of pyridine rings is 4. The number of hydrogen-bond acceptors (Lipinski definition) is 29. The molecule has 33 nitrogen and oxygen atoms in total. The molecule has 8 aromatic heterocycles. The Labute approximate surface area is 862 Å². The Morgan fingerprint density at radius 2 is 0.608 bits per heavy atom. The predicted octanol–water partition coefficient (Wildman–Crippen LogP) is 18.2. The van der Waals surface area contributed by atoms with Gasteiger partial charge in [0.2, 0.25) is 23.6 Å². The van der Waals surface area contributed by atoms with E-state index < -0.39 is 131 Å². The zero-order valence-corrected chi connectivity index (χ0v) is 80.8. The maximum Gasteiger partial charge on any atom is 1.00 e. The first-order valence-electron chi connectivity index (χ1n) is 39.8. The molecular formula is C92H63BBrCl3F12KN11O22. The molecule has 18 rings (SSSR count). The van der Waals surface area contributed by atoms with Gasteiger partial charge in [0, 0.05) is 54.9 Å². The second-order valence-electron chi connectivity index (χ2n) is 28.8. The fraction of sp³-hybridized carbons (Fsp3) is 0.174. The van der Waals surface area contributed by atoms with E-state index in [4.69, 9.17) is 75.7 Å². The van der Waals surface area contributed by atoms with Crippen LogP contribution in [0.5, 0.6) is 23.0 Å². The normalized spacial score (nSPS) is 12.4. The van der Waals surface area contributed by atoms with E-state index in [1.165, 1.54) is 128 Å². The summed E-state index contributed by atoms with van der Waals surface area (Å²) >= 11 is 17.6. The molecule has 51 heteroatoms. The van der Waals surface area contributed by atoms with E-state index >= 15 is 0 Å². The Morgan fingerprint density at radius 3 is 0.874 bits per heavy atom. The Hall–Kier alpha value is -14.3. The van der Waals surface area contributed by atoms with Gasteiger partial charge in [0.25, 0.3) is 23.6 Å². The van der Waals surface area contributed by atoms with Gasteiger partial charge in [0.1, 0.15) is 79.4 Å². The molecule has 15 aromatic rings. The molecule has 0 saturated carbocycles. The molecular weight excluding hydrogens is 2080 g/mol. The third kappa shape index (κ3) is 23.2. The van der Waals surface area contributed by atoms with Gasteiger partial charge in [-0.3, -0.25) is 29.0 Å². The summed E-state index contributed by atoms with van der Waals surface area (Å²) in [4.78, 5) is 153. The molecule has 0 radical (unpaired) electrons. The number of aromatic carboxylic acids is 1. The number of carboxylic acid groups (broad SMARTS) is 1. The maximum absolute atomic E-state index is 13.3. The van der Waals surface area contributed by atoms with Crippen LogP contribution in [0.4, 0.5) is 52.7 Å². The number of fused-ring (bicyclic) bond motifs is 7. The minimum atomic E-state index is -4.70. The molecule has 3 aliphatic heterocycles. The second kappa shape index (κ2) is 44.9. The fourth-order valence-electron chi connectivity index (χ4n) is 14.1. The first kappa shape index (κ1) is 109. The van der Waals surface area contributed by atoms with Crippen LogP contribution in [0, 0.1) is 6.92 Å². The standard InChI is InChI=1S/C25H16F3N3O6.C24H14F3N3O6.C17H12BrF3N2O4.C17H13F3N2O4.C8H5NO2.CH4.BCl3.K/c1-35-16-9-7-13(12-8-10-18(25(26,27)28)29-19(12)16)21-30-20(24(34)36-2)17(37-21)11-31-22(32)14-5-3-4-6-15(14)23(31)33;1-35-15-8-6-12(11-7-9-17(24(25,26)27)28-18(11)15)20-29-19(23(33)34)16(36-20)10-30-21(31)13-4-2-3-5-14(13)22(30)32;1-25-10-5-3-9(8-4-6-12(17(19,20)21)22-13(8)10)15-23-14(16(24)26-2)11(7-18)27-15;1-8-13(16(23)25-3)22-15(26-8)10-4-6-11(24-2)14-9(10)5-7-12(21-14)17(18,19)20;10-7-5-3-1-2-4-6(5)8(11)9-7;;2-1(3)4;/h3-10H,11H2,1-2H3;2-9H,10H2,1H3,(H,33,34);3-6H,7H2,1-2H3;4-7H,1-3H3;1-4H,(H,9,10,11);1H4;;/q;;;;;;;+1/p-1. The number of carbonyl (C=O) groups is 10. The number of benzene rings is 7. The van der Waals surface area contributed by atoms with E-state index in [-0.39, 0.29) is 217 Å². The monoisotopic (exact) mass is 2140 g/mol. The number of oxazole rings is 4. The van der Waals surface area contributed by atoms with Crippen LogP contribution in [-0.2, 0) is 57.3 Å². The van der Waals surface area contributed by atoms with E-state index in [1.54, 1.807) is 60.7 Å². The number of alkyl halides is 13. The molecule has 3 aliphatic rings. The zero-order valence-electron chi connectivity index (χ0n) is 73.9. The average molecular weight is 2140 g/mol. The van der Waals surface area contributed by atoms with E-state index in [0.29, 0.717) is 33.0 Å². The minimum Gasteiger partial charge on any atom is -0.587 e. The molecule has 0 fully saturated rings. The summed E-state index contributed by atoms with van der Waals surface area (Å²) in [7, 11) is 8.76. The van der Waals surface area contributed by atoms with Gasteiger partial charge in [-0.25, -0.2) is 59.0 Å². The fourth-order valence-corrected chi connectivity index (χ4v) is 14.5. The van der Waals surface area contributed by atoms with Crippen LogP contribution < -0.4 is 70.3 Å². The molecule has 734 valence electrons. The first-order chi connectivity index (χ1) is 66.8. The van der Waals surface area contributed by atoms with Crippen LogP contribution in [0.25, 0.3) is 94.7 Å². The molecule has 7 aromatic carbocycles. The smallest absolute Gasteiger partial charge is 0.587 e. The van der Waals surface area contributed by atoms with E-state index in [0.717, 1.165) is 47.2 Å². The zero-order chi connectivity index (χ0) is 103. The largest absolute Gasteiger partial charge is 1.00 e. The minimum absolute atomic E-state index is 0. The summed E-state index contributed by atoms with van der Waals surface area (Å²) in [5, 5.41) is 14.2. The Kier molecular flexibility index (Phi) is 34.3. The van der Waals surface area contributed by atoms with Crippen molar-refractivity contribution in [3.63, 3.8) is 0 Å². The Morgan fingerprint density at radius 1 is 0.364 bits per heavy atom. The van der Waals surface area contributed by atoms with Crippen molar-refractivity contribution in [1.29, 1.82) is 0 Å². The Bertz CT molecular complexity index is 7450. The Balaban J connectivity index is 0.000000174. The molecule has 0 atom stereocenters. The van der Waals surface area contributed by atoms with Gasteiger partial charge in [-0.2, -0.15) is 87.1 Å². The summed E-state index contributed by atoms with van der Waals surface area (Å²) in [6.07, 6.45) is -18.6. The summed E-state index contributed by atoms with van der Waals surface area (Å²) in [5.41, 5.74) is -2.78. The maximum atomic E-state index is 13.3. The quantitative estimate of drug-likeness (QED) is 0.0221. The average Bonchev–Trinajstić information content (AvgIpc) is 1.55. The number of imide groups is 3. The number of methoxy groups -OCH3 is 7.